The van der Waals surface area contributed by atoms with Crippen molar-refractivity contribution in [1.82, 2.24) is 0 Å². The number of nitrogens with two attached hydrogens (primary N) is 1. The lowest BCUT2D eigenvalue weighted by Crippen LogP contribution is -2.26. The maximum atomic E-state index is 13.2. The molecule has 0 saturated heterocycles. The summed E-state index contributed by atoms with van der Waals surface area (Å²) in [7, 11) is 1.35. The van der Waals surface area contributed by atoms with Crippen molar-refractivity contribution < 1.29 is 28.6 Å². The summed E-state index contributed by atoms with van der Waals surface area (Å²) in [5, 5.41) is 2.83. The number of nitrogens with one attached hydrogen (secondary N) is 1. The largest absolute Gasteiger partial charge is 0.493 e. The van der Waals surface area contributed by atoms with Gasteiger partial charge in [-0.25, -0.2) is 4.79 Å². The number of hydrogen-bond donors (Lipinski definition) is 2. The van der Waals surface area contributed by atoms with Crippen LogP contribution in [0.1, 0.15) is 33.2 Å². The number of anilines is 1. The second kappa shape index (κ2) is 11.4. The Morgan fingerprint density at radius 3 is 2.26 bits per heavy atom. The second-order valence-corrected chi connectivity index (χ2v) is 8.21. The van der Waals surface area contributed by atoms with Crippen LogP contribution in [0.15, 0.2) is 60.7 Å². The first-order valence-corrected chi connectivity index (χ1v) is 11.0. The van der Waals surface area contributed by atoms with Gasteiger partial charge < -0.3 is 25.3 Å². The van der Waals surface area contributed by atoms with E-state index in [4.69, 9.17) is 31.5 Å². The number of carbonyl (C=O) groups excluding carboxylic acids is 3. The first-order valence-electron chi connectivity index (χ1n) is 10.6. The SMILES string of the molecule is COc1cc(C(=O)OC(C(=O)Nc2cc(C)cc(C)c2)c2ccccc2)cc(Cl)c1OCC(N)=O. The number of amides is 2. The Morgan fingerprint density at radius 1 is 1.00 bits per heavy atom. The van der Waals surface area contributed by atoms with E-state index in [1.807, 2.05) is 32.0 Å². The molecule has 3 aromatic rings. The van der Waals surface area contributed by atoms with Crippen molar-refractivity contribution in [3.05, 3.63) is 87.9 Å². The zero-order chi connectivity index (χ0) is 25.5. The number of ether oxygens (including phenoxy) is 3. The molecule has 0 fully saturated rings. The number of primary amides is 1. The van der Waals surface area contributed by atoms with Crippen LogP contribution in [0.2, 0.25) is 5.02 Å². The molecule has 0 spiro atoms. The van der Waals surface area contributed by atoms with E-state index in [9.17, 15) is 14.4 Å². The van der Waals surface area contributed by atoms with Gasteiger partial charge in [0.15, 0.2) is 18.1 Å². The number of methoxy groups -OCH3 is 1. The highest BCUT2D eigenvalue weighted by molar-refractivity contribution is 6.32. The third-order valence-electron chi connectivity index (χ3n) is 4.88. The fraction of sp³-hybridized carbons (Fsp3) is 0.192. The molecular formula is C26H25ClN2O6. The van der Waals surface area contributed by atoms with Crippen LogP contribution in [0, 0.1) is 13.8 Å². The number of benzene rings is 3. The summed E-state index contributed by atoms with van der Waals surface area (Å²) in [5.74, 6) is -1.88. The molecule has 3 aromatic carbocycles. The van der Waals surface area contributed by atoms with Crippen molar-refractivity contribution >= 4 is 35.1 Å². The summed E-state index contributed by atoms with van der Waals surface area (Å²) in [6.07, 6.45) is -1.24. The van der Waals surface area contributed by atoms with Crippen LogP contribution in [0.3, 0.4) is 0 Å². The van der Waals surface area contributed by atoms with Gasteiger partial charge in [-0.05, 0) is 49.2 Å². The van der Waals surface area contributed by atoms with Crippen molar-refractivity contribution in [2.75, 3.05) is 19.0 Å². The summed E-state index contributed by atoms with van der Waals surface area (Å²) in [6, 6.07) is 16.9. The van der Waals surface area contributed by atoms with E-state index < -0.39 is 30.5 Å². The highest BCUT2D eigenvalue weighted by Gasteiger charge is 2.27. The van der Waals surface area contributed by atoms with E-state index in [0.29, 0.717) is 11.3 Å². The molecule has 0 aliphatic rings. The molecule has 0 radical (unpaired) electrons. The van der Waals surface area contributed by atoms with Gasteiger partial charge in [0.1, 0.15) is 0 Å². The van der Waals surface area contributed by atoms with Gasteiger partial charge in [-0.15, -0.1) is 0 Å². The predicted molar refractivity (Wildman–Crippen MR) is 132 cm³/mol. The molecule has 9 heteroatoms. The molecule has 1 atom stereocenters. The molecule has 35 heavy (non-hydrogen) atoms. The summed E-state index contributed by atoms with van der Waals surface area (Å²) in [4.78, 5) is 37.3. The van der Waals surface area contributed by atoms with E-state index in [-0.39, 0.29) is 22.1 Å². The van der Waals surface area contributed by atoms with E-state index in [0.717, 1.165) is 11.1 Å². The number of rotatable bonds is 9. The maximum absolute atomic E-state index is 13.2. The molecule has 2 amide bonds. The van der Waals surface area contributed by atoms with Gasteiger partial charge in [0.05, 0.1) is 17.7 Å². The molecule has 0 saturated carbocycles. The summed E-state index contributed by atoms with van der Waals surface area (Å²) >= 11 is 6.25. The molecule has 0 heterocycles. The first kappa shape index (κ1) is 25.6. The van der Waals surface area contributed by atoms with Gasteiger partial charge in [-0.1, -0.05) is 48.0 Å². The summed E-state index contributed by atoms with van der Waals surface area (Å²) in [5.41, 5.74) is 8.17. The third kappa shape index (κ3) is 6.74. The average molecular weight is 497 g/mol. The summed E-state index contributed by atoms with van der Waals surface area (Å²) in [6.45, 7) is 3.42. The van der Waals surface area contributed by atoms with Crippen LogP contribution < -0.4 is 20.5 Å². The minimum atomic E-state index is -1.24. The molecule has 0 aromatic heterocycles. The number of carbonyl (C=O) groups is 3. The fourth-order valence-corrected chi connectivity index (χ4v) is 3.72. The molecule has 0 aliphatic heterocycles. The molecule has 0 bridgehead atoms. The Bertz CT molecular complexity index is 1230. The van der Waals surface area contributed by atoms with Gasteiger partial charge >= 0.3 is 5.97 Å². The molecule has 182 valence electrons. The van der Waals surface area contributed by atoms with Crippen LogP contribution in [0.5, 0.6) is 11.5 Å². The summed E-state index contributed by atoms with van der Waals surface area (Å²) < 4.78 is 16.2. The Morgan fingerprint density at radius 2 is 1.66 bits per heavy atom. The van der Waals surface area contributed by atoms with Crippen LogP contribution >= 0.6 is 11.6 Å². The second-order valence-electron chi connectivity index (χ2n) is 7.81. The number of esters is 1. The van der Waals surface area contributed by atoms with Gasteiger partial charge in [0.2, 0.25) is 6.10 Å². The smallest absolute Gasteiger partial charge is 0.339 e. The minimum Gasteiger partial charge on any atom is -0.493 e. The van der Waals surface area contributed by atoms with Gasteiger partial charge in [0, 0.05) is 11.3 Å². The number of halogens is 1. The molecule has 0 aliphatic carbocycles. The highest BCUT2D eigenvalue weighted by atomic mass is 35.5. The topological polar surface area (TPSA) is 117 Å². The van der Waals surface area contributed by atoms with E-state index >= 15 is 0 Å². The van der Waals surface area contributed by atoms with Crippen molar-refractivity contribution in [1.29, 1.82) is 0 Å². The number of aryl methyl sites for hydroxylation is 2. The Labute approximate surface area is 207 Å². The Balaban J connectivity index is 1.89. The van der Waals surface area contributed by atoms with Crippen LogP contribution in [0.25, 0.3) is 0 Å². The third-order valence-corrected chi connectivity index (χ3v) is 5.16. The van der Waals surface area contributed by atoms with E-state index in [1.54, 1.807) is 30.3 Å². The van der Waals surface area contributed by atoms with Crippen molar-refractivity contribution in [2.24, 2.45) is 5.73 Å². The fourth-order valence-electron chi connectivity index (χ4n) is 3.45. The molecular weight excluding hydrogens is 472 g/mol. The van der Waals surface area contributed by atoms with Gasteiger partial charge in [0.25, 0.3) is 11.8 Å². The van der Waals surface area contributed by atoms with Crippen LogP contribution in [-0.2, 0) is 14.3 Å². The lowest BCUT2D eigenvalue weighted by molar-refractivity contribution is -0.125. The van der Waals surface area contributed by atoms with Crippen LogP contribution in [0.4, 0.5) is 5.69 Å². The Kier molecular flexibility index (Phi) is 8.33. The van der Waals surface area contributed by atoms with Gasteiger partial charge in [-0.3, -0.25) is 9.59 Å². The van der Waals surface area contributed by atoms with Crippen molar-refractivity contribution in [2.45, 2.75) is 20.0 Å². The van der Waals surface area contributed by atoms with E-state index in [1.165, 1.54) is 19.2 Å². The normalized spacial score (nSPS) is 11.3. The highest BCUT2D eigenvalue weighted by Crippen LogP contribution is 2.37. The molecule has 3 rings (SSSR count). The zero-order valence-electron chi connectivity index (χ0n) is 19.5. The van der Waals surface area contributed by atoms with Crippen molar-refractivity contribution in [3.8, 4) is 11.5 Å². The van der Waals surface area contributed by atoms with Crippen molar-refractivity contribution in [3.63, 3.8) is 0 Å². The zero-order valence-corrected chi connectivity index (χ0v) is 20.2. The quantitative estimate of drug-likeness (QED) is 0.425. The average Bonchev–Trinajstić information content (AvgIpc) is 2.80. The van der Waals surface area contributed by atoms with E-state index in [2.05, 4.69) is 5.32 Å². The van der Waals surface area contributed by atoms with Crippen LogP contribution in [-0.4, -0.2) is 31.5 Å². The standard InChI is InChI=1S/C26H25ClN2O6/c1-15-9-16(2)11-19(10-15)29-25(31)23(17-7-5-4-6-8-17)35-26(32)18-12-20(27)24(21(13-18)33-3)34-14-22(28)30/h4-13,23H,14H2,1-3H3,(H2,28,30)(H,29,31). The monoisotopic (exact) mass is 496 g/mol. The number of hydrogen-bond acceptors (Lipinski definition) is 6. The molecule has 3 N–H and O–H groups in total. The van der Waals surface area contributed by atoms with Gasteiger partial charge in [-0.2, -0.15) is 0 Å². The first-order chi connectivity index (χ1) is 16.7. The minimum absolute atomic E-state index is 0.00787. The molecule has 1 unspecified atom stereocenters. The lowest BCUT2D eigenvalue weighted by Gasteiger charge is -2.19. The maximum Gasteiger partial charge on any atom is 0.339 e. The Hall–Kier alpha value is -4.04. The lowest BCUT2D eigenvalue weighted by atomic mass is 10.1. The molecule has 8 nitrogen and oxygen atoms in total. The predicted octanol–water partition coefficient (Wildman–Crippen LogP) is 4.37.